The minimum atomic E-state index is -2.61. The zero-order valence-electron chi connectivity index (χ0n) is 14.3. The van der Waals surface area contributed by atoms with Gasteiger partial charge in [0.15, 0.2) is 0 Å². The third-order valence-corrected chi connectivity index (χ3v) is 5.67. The molecule has 1 aromatic heterocycles. The molecule has 7 heteroatoms. The summed E-state index contributed by atoms with van der Waals surface area (Å²) in [7, 11) is 0. The van der Waals surface area contributed by atoms with E-state index >= 15 is 0 Å². The lowest BCUT2D eigenvalue weighted by Crippen LogP contribution is -2.35. The average Bonchev–Trinajstić information content (AvgIpc) is 2.91. The Bertz CT molecular complexity index is 832. The summed E-state index contributed by atoms with van der Waals surface area (Å²) >= 11 is 6.35. The molecule has 0 spiro atoms. The summed E-state index contributed by atoms with van der Waals surface area (Å²) in [6, 6.07) is 5.73. The highest BCUT2D eigenvalue weighted by molar-refractivity contribution is 6.36. The third kappa shape index (κ3) is 3.32. The monoisotopic (exact) mass is 382 g/mol. The molecule has 1 aromatic carbocycles. The lowest BCUT2D eigenvalue weighted by molar-refractivity contribution is -0.0518. The number of nitrogens with zero attached hydrogens (tertiary/aromatic N) is 1. The summed E-state index contributed by atoms with van der Waals surface area (Å²) < 4.78 is 34.4. The lowest BCUT2D eigenvalue weighted by atomic mass is 9.86. The fourth-order valence-electron chi connectivity index (χ4n) is 3.91. The number of ether oxygens (including phenoxy) is 1. The Morgan fingerprint density at radius 1 is 1.38 bits per heavy atom. The Balaban J connectivity index is 1.55. The molecule has 0 bridgehead atoms. The number of nitrogens with one attached hydrogen (secondary N) is 1. The second kappa shape index (κ2) is 6.82. The van der Waals surface area contributed by atoms with Gasteiger partial charge in [0.2, 0.25) is 5.92 Å². The number of carbonyl (C=O) groups is 1. The molecular formula is C19H21ClF2N2O2. The van der Waals surface area contributed by atoms with E-state index in [1.807, 2.05) is 16.7 Å². The van der Waals surface area contributed by atoms with Crippen molar-refractivity contribution < 1.29 is 18.3 Å². The highest BCUT2D eigenvalue weighted by Gasteiger charge is 2.36. The predicted molar refractivity (Wildman–Crippen MR) is 96.0 cm³/mol. The topological polar surface area (TPSA) is 43.3 Å². The molecule has 2 aromatic rings. The molecule has 4 nitrogen and oxygen atoms in total. The lowest BCUT2D eigenvalue weighted by Gasteiger charge is -2.29. The van der Waals surface area contributed by atoms with Gasteiger partial charge in [-0.05, 0) is 30.9 Å². The minimum absolute atomic E-state index is 0.0516. The first kappa shape index (κ1) is 17.7. The summed E-state index contributed by atoms with van der Waals surface area (Å²) in [6.45, 7) is 1.47. The fourth-order valence-corrected chi connectivity index (χ4v) is 4.18. The van der Waals surface area contributed by atoms with Gasteiger partial charge in [-0.1, -0.05) is 17.7 Å². The molecule has 1 saturated carbocycles. The van der Waals surface area contributed by atoms with E-state index in [4.69, 9.17) is 16.3 Å². The van der Waals surface area contributed by atoms with Crippen molar-refractivity contribution in [3.05, 3.63) is 35.0 Å². The summed E-state index contributed by atoms with van der Waals surface area (Å²) in [5.41, 5.74) is 1.38. The number of carbonyl (C=O) groups excluding carboxylic acids is 1. The van der Waals surface area contributed by atoms with Crippen LogP contribution in [0, 0.1) is 5.92 Å². The summed E-state index contributed by atoms with van der Waals surface area (Å²) in [6.07, 6.45) is 2.81. The standard InChI is InChI=1S/C19H21ClF2N2O2/c20-15-4-1-5-16-17(15)14(9-24(16)13-10-26-11-13)18(25)23-8-12-3-2-6-19(21,22)7-12/h1,4-5,9,12-13H,2-3,6-8,10-11H2,(H,23,25). The van der Waals surface area contributed by atoms with Gasteiger partial charge in [0, 0.05) is 31.0 Å². The van der Waals surface area contributed by atoms with E-state index < -0.39 is 5.92 Å². The molecule has 4 rings (SSSR count). The van der Waals surface area contributed by atoms with Gasteiger partial charge in [-0.15, -0.1) is 0 Å². The Labute approximate surface area is 155 Å². The van der Waals surface area contributed by atoms with E-state index in [1.165, 1.54) is 0 Å². The second-order valence-corrected chi connectivity index (χ2v) is 7.71. The van der Waals surface area contributed by atoms with Crippen molar-refractivity contribution in [3.63, 3.8) is 0 Å². The van der Waals surface area contributed by atoms with Crippen molar-refractivity contribution >= 4 is 28.4 Å². The quantitative estimate of drug-likeness (QED) is 0.850. The van der Waals surface area contributed by atoms with Crippen LogP contribution in [0.15, 0.2) is 24.4 Å². The molecule has 1 aliphatic carbocycles. The molecule has 1 N–H and O–H groups in total. The number of amides is 1. The highest BCUT2D eigenvalue weighted by Crippen LogP contribution is 2.36. The van der Waals surface area contributed by atoms with E-state index in [0.717, 1.165) is 11.9 Å². The Hall–Kier alpha value is -1.66. The maximum absolute atomic E-state index is 13.6. The van der Waals surface area contributed by atoms with Crippen LogP contribution in [0.5, 0.6) is 0 Å². The molecule has 2 fully saturated rings. The maximum atomic E-state index is 13.6. The number of alkyl halides is 2. The number of benzene rings is 1. The number of hydrogen-bond acceptors (Lipinski definition) is 2. The largest absolute Gasteiger partial charge is 0.377 e. The second-order valence-electron chi connectivity index (χ2n) is 7.30. The average molecular weight is 383 g/mol. The van der Waals surface area contributed by atoms with E-state index in [2.05, 4.69) is 5.32 Å². The summed E-state index contributed by atoms with van der Waals surface area (Å²) in [5.74, 6) is -3.07. The van der Waals surface area contributed by atoms with Gasteiger partial charge in [-0.25, -0.2) is 8.78 Å². The Kier molecular flexibility index (Phi) is 4.65. The molecule has 2 aliphatic rings. The van der Waals surface area contributed by atoms with E-state index in [1.54, 1.807) is 12.3 Å². The first-order valence-electron chi connectivity index (χ1n) is 8.97. The van der Waals surface area contributed by atoms with Crippen molar-refractivity contribution in [3.8, 4) is 0 Å². The van der Waals surface area contributed by atoms with Crippen LogP contribution in [0.25, 0.3) is 10.9 Å². The first-order valence-corrected chi connectivity index (χ1v) is 9.35. The van der Waals surface area contributed by atoms with Crippen LogP contribution in [0.1, 0.15) is 42.1 Å². The van der Waals surface area contributed by atoms with Gasteiger partial charge < -0.3 is 14.6 Å². The maximum Gasteiger partial charge on any atom is 0.253 e. The van der Waals surface area contributed by atoms with Crippen LogP contribution in [0.4, 0.5) is 8.78 Å². The zero-order chi connectivity index (χ0) is 18.3. The fraction of sp³-hybridized carbons (Fsp3) is 0.526. The van der Waals surface area contributed by atoms with Crippen molar-refractivity contribution in [1.82, 2.24) is 9.88 Å². The summed E-state index contributed by atoms with van der Waals surface area (Å²) in [5, 5.41) is 4.05. The van der Waals surface area contributed by atoms with Gasteiger partial charge in [0.25, 0.3) is 5.91 Å². The highest BCUT2D eigenvalue weighted by atomic mass is 35.5. The van der Waals surface area contributed by atoms with Crippen molar-refractivity contribution in [2.45, 2.75) is 37.6 Å². The van der Waals surface area contributed by atoms with Gasteiger partial charge >= 0.3 is 0 Å². The summed E-state index contributed by atoms with van der Waals surface area (Å²) in [4.78, 5) is 12.8. The predicted octanol–water partition coefficient (Wildman–Crippen LogP) is 4.42. The number of aromatic nitrogens is 1. The van der Waals surface area contributed by atoms with Gasteiger partial charge in [-0.3, -0.25) is 4.79 Å². The van der Waals surface area contributed by atoms with E-state index in [9.17, 15) is 13.6 Å². The molecule has 1 atom stereocenters. The van der Waals surface area contributed by atoms with Crippen molar-refractivity contribution in [1.29, 1.82) is 0 Å². The minimum Gasteiger partial charge on any atom is -0.377 e. The SMILES string of the molecule is O=C(NCC1CCCC(F)(F)C1)c1cn(C2COC2)c2cccc(Cl)c12. The normalized spacial score (nSPS) is 23.0. The van der Waals surface area contributed by atoms with Gasteiger partial charge in [-0.2, -0.15) is 0 Å². The third-order valence-electron chi connectivity index (χ3n) is 5.36. The van der Waals surface area contributed by atoms with Crippen LogP contribution in [0.2, 0.25) is 5.02 Å². The molecule has 26 heavy (non-hydrogen) atoms. The number of hydrogen-bond donors (Lipinski definition) is 1. The molecule has 140 valence electrons. The Morgan fingerprint density at radius 2 is 2.19 bits per heavy atom. The van der Waals surface area contributed by atoms with E-state index in [0.29, 0.717) is 35.6 Å². The van der Waals surface area contributed by atoms with Gasteiger partial charge in [0.05, 0.1) is 35.4 Å². The van der Waals surface area contributed by atoms with Crippen LogP contribution in [-0.4, -0.2) is 36.2 Å². The molecule has 0 radical (unpaired) electrons. The number of fused-ring (bicyclic) bond motifs is 1. The first-order chi connectivity index (χ1) is 12.4. The number of rotatable bonds is 4. The Morgan fingerprint density at radius 3 is 2.88 bits per heavy atom. The smallest absolute Gasteiger partial charge is 0.253 e. The molecular weight excluding hydrogens is 362 g/mol. The van der Waals surface area contributed by atoms with Crippen LogP contribution >= 0.6 is 11.6 Å². The zero-order valence-corrected chi connectivity index (χ0v) is 15.1. The van der Waals surface area contributed by atoms with Crippen LogP contribution < -0.4 is 5.32 Å². The van der Waals surface area contributed by atoms with Crippen LogP contribution in [0.3, 0.4) is 0 Å². The molecule has 2 heterocycles. The molecule has 1 aliphatic heterocycles. The van der Waals surface area contributed by atoms with Crippen LogP contribution in [-0.2, 0) is 4.74 Å². The van der Waals surface area contributed by atoms with Gasteiger partial charge in [0.1, 0.15) is 0 Å². The van der Waals surface area contributed by atoms with E-state index in [-0.39, 0.29) is 37.3 Å². The molecule has 1 unspecified atom stereocenters. The number of halogens is 3. The molecule has 1 saturated heterocycles. The van der Waals surface area contributed by atoms with Crippen molar-refractivity contribution in [2.75, 3.05) is 19.8 Å². The van der Waals surface area contributed by atoms with Crippen molar-refractivity contribution in [2.24, 2.45) is 5.92 Å². The molecule has 1 amide bonds.